The lowest BCUT2D eigenvalue weighted by atomic mass is 9.98. The van der Waals surface area contributed by atoms with Gasteiger partial charge in [0, 0.05) is 6.04 Å². The van der Waals surface area contributed by atoms with Crippen molar-refractivity contribution in [2.75, 3.05) is 13.7 Å². The van der Waals surface area contributed by atoms with Gasteiger partial charge in [-0.25, -0.2) is 0 Å². The molecule has 1 aliphatic carbocycles. The van der Waals surface area contributed by atoms with Crippen LogP contribution in [0.25, 0.3) is 0 Å². The van der Waals surface area contributed by atoms with Gasteiger partial charge in [-0.05, 0) is 44.7 Å². The molecule has 1 N–H and O–H groups in total. The molecule has 0 bridgehead atoms. The third kappa shape index (κ3) is 4.14. The molecule has 4 heteroatoms. The van der Waals surface area contributed by atoms with Crippen molar-refractivity contribution in [2.24, 2.45) is 0 Å². The molecule has 20 heavy (non-hydrogen) atoms. The molecule has 0 spiro atoms. The van der Waals surface area contributed by atoms with Gasteiger partial charge in [0.25, 0.3) is 0 Å². The van der Waals surface area contributed by atoms with Crippen LogP contribution in [0.15, 0.2) is 24.3 Å². The minimum absolute atomic E-state index is 0.439. The number of methoxy groups -OCH3 is 1. The standard InChI is InChI=1S/C16H22N2O2/c1-16(12-17,18-13-8-9-13)10-5-11-20-15-7-4-3-6-14(15)19-2/h3-4,6-7,13,18H,5,8-11H2,1-2H3. The van der Waals surface area contributed by atoms with Crippen molar-refractivity contribution >= 4 is 0 Å². The Kier molecular flexibility index (Phi) is 4.86. The van der Waals surface area contributed by atoms with Gasteiger partial charge in [-0.1, -0.05) is 12.1 Å². The summed E-state index contributed by atoms with van der Waals surface area (Å²) in [6.45, 7) is 2.55. The Labute approximate surface area is 120 Å². The molecule has 1 aromatic rings. The Balaban J connectivity index is 1.76. The first-order chi connectivity index (χ1) is 9.67. The van der Waals surface area contributed by atoms with Gasteiger partial charge in [-0.2, -0.15) is 5.26 Å². The van der Waals surface area contributed by atoms with E-state index in [0.717, 1.165) is 24.3 Å². The number of rotatable bonds is 8. The first-order valence-corrected chi connectivity index (χ1v) is 7.11. The average molecular weight is 274 g/mol. The first kappa shape index (κ1) is 14.7. The summed E-state index contributed by atoms with van der Waals surface area (Å²) in [6.07, 6.45) is 4.00. The summed E-state index contributed by atoms with van der Waals surface area (Å²) in [4.78, 5) is 0. The Bertz CT molecular complexity index is 480. The molecule has 1 saturated carbocycles. The smallest absolute Gasteiger partial charge is 0.161 e. The maximum atomic E-state index is 9.29. The molecule has 1 unspecified atom stereocenters. The second-order valence-electron chi connectivity index (χ2n) is 5.47. The summed E-state index contributed by atoms with van der Waals surface area (Å²) >= 11 is 0. The van der Waals surface area contributed by atoms with E-state index < -0.39 is 5.54 Å². The van der Waals surface area contributed by atoms with Crippen LogP contribution in [0.1, 0.15) is 32.6 Å². The van der Waals surface area contributed by atoms with E-state index in [9.17, 15) is 5.26 Å². The second kappa shape index (κ2) is 6.62. The minimum atomic E-state index is -0.439. The van der Waals surface area contributed by atoms with Crippen LogP contribution in [-0.2, 0) is 0 Å². The van der Waals surface area contributed by atoms with Crippen LogP contribution in [0.2, 0.25) is 0 Å². The number of nitrogens with one attached hydrogen (secondary N) is 1. The number of hydrogen-bond donors (Lipinski definition) is 1. The van der Waals surface area contributed by atoms with E-state index in [-0.39, 0.29) is 0 Å². The summed E-state index contributed by atoms with van der Waals surface area (Å²) in [7, 11) is 1.63. The van der Waals surface area contributed by atoms with Gasteiger partial charge in [0.2, 0.25) is 0 Å². The van der Waals surface area contributed by atoms with E-state index in [2.05, 4.69) is 11.4 Å². The summed E-state index contributed by atoms with van der Waals surface area (Å²) < 4.78 is 11.0. The third-order valence-electron chi connectivity index (χ3n) is 3.49. The Hall–Kier alpha value is -1.73. The maximum absolute atomic E-state index is 9.29. The average Bonchev–Trinajstić information content (AvgIpc) is 3.28. The van der Waals surface area contributed by atoms with E-state index in [1.54, 1.807) is 7.11 Å². The molecule has 1 fully saturated rings. The summed E-state index contributed by atoms with van der Waals surface area (Å²) in [5.41, 5.74) is -0.439. The molecule has 1 atom stereocenters. The molecule has 0 aliphatic heterocycles. The van der Waals surface area contributed by atoms with Crippen LogP contribution in [0, 0.1) is 11.3 Å². The highest BCUT2D eigenvalue weighted by atomic mass is 16.5. The zero-order valence-electron chi connectivity index (χ0n) is 12.2. The van der Waals surface area contributed by atoms with E-state index in [0.29, 0.717) is 12.6 Å². The highest BCUT2D eigenvalue weighted by Gasteiger charge is 2.31. The molecule has 0 amide bonds. The Morgan fingerprint density at radius 1 is 1.35 bits per heavy atom. The van der Waals surface area contributed by atoms with Crippen LogP contribution < -0.4 is 14.8 Å². The van der Waals surface area contributed by atoms with Gasteiger partial charge in [0.1, 0.15) is 5.54 Å². The number of nitriles is 1. The number of benzene rings is 1. The van der Waals surface area contributed by atoms with Crippen molar-refractivity contribution in [2.45, 2.75) is 44.2 Å². The first-order valence-electron chi connectivity index (χ1n) is 7.11. The molecule has 0 aromatic heterocycles. The SMILES string of the molecule is COc1ccccc1OCCCC(C)(C#N)NC1CC1. The van der Waals surface area contributed by atoms with Crippen molar-refractivity contribution in [1.29, 1.82) is 5.26 Å². The van der Waals surface area contributed by atoms with Crippen LogP contribution in [0.3, 0.4) is 0 Å². The van der Waals surface area contributed by atoms with E-state index in [1.165, 1.54) is 12.8 Å². The second-order valence-corrected chi connectivity index (χ2v) is 5.47. The van der Waals surface area contributed by atoms with Crippen molar-refractivity contribution in [3.05, 3.63) is 24.3 Å². The molecule has 108 valence electrons. The van der Waals surface area contributed by atoms with E-state index in [1.807, 2.05) is 31.2 Å². The lowest BCUT2D eigenvalue weighted by molar-refractivity contribution is 0.270. The molecule has 2 rings (SSSR count). The topological polar surface area (TPSA) is 54.3 Å². The summed E-state index contributed by atoms with van der Waals surface area (Å²) in [5, 5.41) is 12.7. The van der Waals surface area contributed by atoms with Crippen molar-refractivity contribution in [1.82, 2.24) is 5.32 Å². The van der Waals surface area contributed by atoms with Gasteiger partial charge in [-0.3, -0.25) is 5.32 Å². The third-order valence-corrected chi connectivity index (χ3v) is 3.49. The van der Waals surface area contributed by atoms with Gasteiger partial charge in [-0.15, -0.1) is 0 Å². The van der Waals surface area contributed by atoms with Gasteiger partial charge in [0.05, 0.1) is 19.8 Å². The molecule has 0 heterocycles. The molecular weight excluding hydrogens is 252 g/mol. The predicted molar refractivity (Wildman–Crippen MR) is 77.9 cm³/mol. The zero-order chi connectivity index (χ0) is 14.4. The Morgan fingerprint density at radius 2 is 2.05 bits per heavy atom. The van der Waals surface area contributed by atoms with E-state index in [4.69, 9.17) is 9.47 Å². The van der Waals surface area contributed by atoms with Gasteiger partial charge >= 0.3 is 0 Å². The fraction of sp³-hybridized carbons (Fsp3) is 0.562. The summed E-state index contributed by atoms with van der Waals surface area (Å²) in [6, 6.07) is 10.5. The van der Waals surface area contributed by atoms with Gasteiger partial charge in [0.15, 0.2) is 11.5 Å². The molecule has 0 radical (unpaired) electrons. The van der Waals surface area contributed by atoms with E-state index >= 15 is 0 Å². The predicted octanol–water partition coefficient (Wildman–Crippen LogP) is 2.89. The van der Waals surface area contributed by atoms with Crippen LogP contribution in [-0.4, -0.2) is 25.3 Å². The largest absolute Gasteiger partial charge is 0.493 e. The van der Waals surface area contributed by atoms with Crippen molar-refractivity contribution < 1.29 is 9.47 Å². The monoisotopic (exact) mass is 274 g/mol. The maximum Gasteiger partial charge on any atom is 0.161 e. The molecule has 0 saturated heterocycles. The lowest BCUT2D eigenvalue weighted by Gasteiger charge is -2.23. The highest BCUT2D eigenvalue weighted by molar-refractivity contribution is 5.39. The molecule has 1 aromatic carbocycles. The number of nitrogens with zero attached hydrogens (tertiary/aromatic N) is 1. The highest BCUT2D eigenvalue weighted by Crippen LogP contribution is 2.27. The fourth-order valence-corrected chi connectivity index (χ4v) is 2.18. The van der Waals surface area contributed by atoms with Crippen molar-refractivity contribution in [3.8, 4) is 17.6 Å². The number of ether oxygens (including phenoxy) is 2. The fourth-order valence-electron chi connectivity index (χ4n) is 2.18. The Morgan fingerprint density at radius 3 is 2.65 bits per heavy atom. The normalized spacial score (nSPS) is 17.1. The molecule has 4 nitrogen and oxygen atoms in total. The van der Waals surface area contributed by atoms with Crippen LogP contribution in [0.5, 0.6) is 11.5 Å². The minimum Gasteiger partial charge on any atom is -0.493 e. The quantitative estimate of drug-likeness (QED) is 0.741. The van der Waals surface area contributed by atoms with Crippen LogP contribution in [0.4, 0.5) is 0 Å². The lowest BCUT2D eigenvalue weighted by Crippen LogP contribution is -2.42. The summed E-state index contributed by atoms with van der Waals surface area (Å²) in [5.74, 6) is 1.50. The number of para-hydroxylation sites is 2. The van der Waals surface area contributed by atoms with Crippen LogP contribution >= 0.6 is 0 Å². The molecule has 1 aliphatic rings. The number of hydrogen-bond acceptors (Lipinski definition) is 4. The zero-order valence-corrected chi connectivity index (χ0v) is 12.2. The van der Waals surface area contributed by atoms with Crippen molar-refractivity contribution in [3.63, 3.8) is 0 Å². The van der Waals surface area contributed by atoms with Gasteiger partial charge < -0.3 is 9.47 Å². The molecular formula is C16H22N2O2.